The van der Waals surface area contributed by atoms with Crippen LogP contribution >= 0.6 is 0 Å². The fraction of sp³-hybridized carbons (Fsp3) is 0.500. The van der Waals surface area contributed by atoms with E-state index in [1.54, 1.807) is 12.1 Å². The van der Waals surface area contributed by atoms with Crippen LogP contribution < -0.4 is 0 Å². The SMILES string of the molecule is CC(C)CC1(c2ccc(F)cc2)[CH]CC1. The van der Waals surface area contributed by atoms with Crippen LogP contribution in [0.15, 0.2) is 24.3 Å². The van der Waals surface area contributed by atoms with Crippen LogP contribution in [0.2, 0.25) is 0 Å². The van der Waals surface area contributed by atoms with Crippen molar-refractivity contribution in [3.63, 3.8) is 0 Å². The van der Waals surface area contributed by atoms with E-state index in [1.807, 2.05) is 12.1 Å². The van der Waals surface area contributed by atoms with Gasteiger partial charge < -0.3 is 0 Å². The lowest BCUT2D eigenvalue weighted by atomic mass is 9.61. The lowest BCUT2D eigenvalue weighted by molar-refractivity contribution is 0.285. The number of rotatable bonds is 3. The molecule has 0 heterocycles. The second kappa shape index (κ2) is 3.96. The Kier molecular flexibility index (Phi) is 2.81. The molecule has 81 valence electrons. The highest BCUT2D eigenvalue weighted by Crippen LogP contribution is 2.47. The molecule has 1 aromatic carbocycles. The normalized spacial score (nSPS) is 18.9. The summed E-state index contributed by atoms with van der Waals surface area (Å²) in [4.78, 5) is 0. The minimum Gasteiger partial charge on any atom is -0.207 e. The van der Waals surface area contributed by atoms with Crippen molar-refractivity contribution < 1.29 is 4.39 Å². The van der Waals surface area contributed by atoms with Crippen molar-refractivity contribution in [1.82, 2.24) is 0 Å². The molecule has 0 N–H and O–H groups in total. The molecule has 0 saturated heterocycles. The molecule has 2 rings (SSSR count). The quantitative estimate of drug-likeness (QED) is 0.696. The number of hydrogen-bond donors (Lipinski definition) is 0. The predicted octanol–water partition coefficient (Wildman–Crippen LogP) is 4.11. The first-order valence-electron chi connectivity index (χ1n) is 5.73. The van der Waals surface area contributed by atoms with Crippen molar-refractivity contribution in [1.29, 1.82) is 0 Å². The fourth-order valence-electron chi connectivity index (χ4n) is 2.57. The molecule has 1 unspecified atom stereocenters. The summed E-state index contributed by atoms with van der Waals surface area (Å²) < 4.78 is 12.8. The minimum absolute atomic E-state index is 0.141. The summed E-state index contributed by atoms with van der Waals surface area (Å²) in [7, 11) is 0. The molecule has 1 aliphatic rings. The Hall–Kier alpha value is -0.850. The Labute approximate surface area is 91.5 Å². The van der Waals surface area contributed by atoms with E-state index < -0.39 is 0 Å². The lowest BCUT2D eigenvalue weighted by Crippen LogP contribution is -2.36. The predicted molar refractivity (Wildman–Crippen MR) is 61.1 cm³/mol. The molecule has 1 fully saturated rings. The summed E-state index contributed by atoms with van der Waals surface area (Å²) >= 11 is 0. The fourth-order valence-corrected chi connectivity index (χ4v) is 2.57. The van der Waals surface area contributed by atoms with Gasteiger partial charge in [0, 0.05) is 0 Å². The third kappa shape index (κ3) is 2.06. The zero-order valence-electron chi connectivity index (χ0n) is 9.46. The van der Waals surface area contributed by atoms with Gasteiger partial charge in [0.05, 0.1) is 0 Å². The van der Waals surface area contributed by atoms with Gasteiger partial charge in [0.2, 0.25) is 0 Å². The zero-order chi connectivity index (χ0) is 10.9. The summed E-state index contributed by atoms with van der Waals surface area (Å²) in [6.07, 6.45) is 5.99. The molecule has 1 aliphatic carbocycles. The van der Waals surface area contributed by atoms with Crippen molar-refractivity contribution in [3.8, 4) is 0 Å². The van der Waals surface area contributed by atoms with Crippen LogP contribution in [0.4, 0.5) is 4.39 Å². The first-order chi connectivity index (χ1) is 7.12. The van der Waals surface area contributed by atoms with E-state index in [-0.39, 0.29) is 11.2 Å². The molecule has 0 bridgehead atoms. The van der Waals surface area contributed by atoms with E-state index in [9.17, 15) is 4.39 Å². The highest BCUT2D eigenvalue weighted by Gasteiger charge is 2.38. The summed E-state index contributed by atoms with van der Waals surface area (Å²) in [6.45, 7) is 4.49. The average Bonchev–Trinajstić information content (AvgIpc) is 2.13. The molecule has 0 spiro atoms. The summed E-state index contributed by atoms with van der Waals surface area (Å²) in [5.74, 6) is 0.546. The van der Waals surface area contributed by atoms with E-state index >= 15 is 0 Å². The molecule has 1 aromatic rings. The number of hydrogen-bond acceptors (Lipinski definition) is 0. The number of halogens is 1. The minimum atomic E-state index is -0.141. The molecule has 1 heteroatoms. The van der Waals surface area contributed by atoms with E-state index in [1.165, 1.54) is 24.8 Å². The third-order valence-electron chi connectivity index (χ3n) is 3.32. The molecular formula is C14H18F. The van der Waals surface area contributed by atoms with Gasteiger partial charge in [-0.25, -0.2) is 4.39 Å². The standard InChI is InChI=1S/C14H18F/c1-11(2)10-14(8-3-9-14)12-4-6-13(15)7-5-12/h4-8,11H,3,9-10H2,1-2H3. The van der Waals surface area contributed by atoms with Gasteiger partial charge in [-0.05, 0) is 54.7 Å². The van der Waals surface area contributed by atoms with E-state index in [0.717, 1.165) is 0 Å². The maximum absolute atomic E-state index is 12.8. The Balaban J connectivity index is 2.22. The van der Waals surface area contributed by atoms with Gasteiger partial charge >= 0.3 is 0 Å². The Morgan fingerprint density at radius 1 is 1.27 bits per heavy atom. The van der Waals surface area contributed by atoms with Crippen molar-refractivity contribution in [2.45, 2.75) is 38.5 Å². The Morgan fingerprint density at radius 2 is 1.87 bits per heavy atom. The first kappa shape index (κ1) is 10.7. The largest absolute Gasteiger partial charge is 0.207 e. The van der Waals surface area contributed by atoms with E-state index in [2.05, 4.69) is 20.3 Å². The van der Waals surface area contributed by atoms with Gasteiger partial charge in [0.1, 0.15) is 5.82 Å². The molecule has 15 heavy (non-hydrogen) atoms. The molecule has 0 amide bonds. The van der Waals surface area contributed by atoms with Crippen LogP contribution in [0.3, 0.4) is 0 Å². The second-order valence-electron chi connectivity index (χ2n) is 5.00. The highest BCUT2D eigenvalue weighted by atomic mass is 19.1. The van der Waals surface area contributed by atoms with Gasteiger partial charge in [-0.2, -0.15) is 0 Å². The van der Waals surface area contributed by atoms with Gasteiger partial charge in [-0.3, -0.25) is 0 Å². The molecular weight excluding hydrogens is 187 g/mol. The molecule has 0 aliphatic heterocycles. The first-order valence-corrected chi connectivity index (χ1v) is 5.73. The summed E-state index contributed by atoms with van der Waals surface area (Å²) in [5, 5.41) is 0. The van der Waals surface area contributed by atoms with Crippen LogP contribution in [0.5, 0.6) is 0 Å². The summed E-state index contributed by atoms with van der Waals surface area (Å²) in [6, 6.07) is 7.02. The van der Waals surface area contributed by atoms with E-state index in [0.29, 0.717) is 5.92 Å². The van der Waals surface area contributed by atoms with Crippen LogP contribution in [0.1, 0.15) is 38.7 Å². The number of benzene rings is 1. The third-order valence-corrected chi connectivity index (χ3v) is 3.32. The molecule has 1 saturated carbocycles. The molecule has 1 atom stereocenters. The van der Waals surface area contributed by atoms with Crippen molar-refractivity contribution in [3.05, 3.63) is 42.1 Å². The van der Waals surface area contributed by atoms with Crippen LogP contribution in [-0.2, 0) is 5.41 Å². The van der Waals surface area contributed by atoms with Crippen LogP contribution in [0, 0.1) is 18.2 Å². The van der Waals surface area contributed by atoms with E-state index in [4.69, 9.17) is 0 Å². The maximum atomic E-state index is 12.8. The smallest absolute Gasteiger partial charge is 0.123 e. The Morgan fingerprint density at radius 3 is 2.27 bits per heavy atom. The zero-order valence-corrected chi connectivity index (χ0v) is 9.46. The maximum Gasteiger partial charge on any atom is 0.123 e. The lowest BCUT2D eigenvalue weighted by Gasteiger charge is -2.43. The molecule has 0 aromatic heterocycles. The van der Waals surface area contributed by atoms with Crippen molar-refractivity contribution >= 4 is 0 Å². The summed E-state index contributed by atoms with van der Waals surface area (Å²) in [5.41, 5.74) is 1.52. The van der Waals surface area contributed by atoms with Crippen molar-refractivity contribution in [2.24, 2.45) is 5.92 Å². The van der Waals surface area contributed by atoms with Crippen LogP contribution in [-0.4, -0.2) is 0 Å². The molecule has 1 radical (unpaired) electrons. The molecule has 0 nitrogen and oxygen atoms in total. The average molecular weight is 205 g/mol. The highest BCUT2D eigenvalue weighted by molar-refractivity contribution is 5.33. The van der Waals surface area contributed by atoms with Gasteiger partial charge in [0.15, 0.2) is 0 Å². The van der Waals surface area contributed by atoms with Gasteiger partial charge in [-0.15, -0.1) is 0 Å². The second-order valence-corrected chi connectivity index (χ2v) is 5.00. The van der Waals surface area contributed by atoms with Crippen molar-refractivity contribution in [2.75, 3.05) is 0 Å². The monoisotopic (exact) mass is 205 g/mol. The topological polar surface area (TPSA) is 0 Å². The van der Waals surface area contributed by atoms with Gasteiger partial charge in [-0.1, -0.05) is 26.0 Å². The van der Waals surface area contributed by atoms with Crippen LogP contribution in [0.25, 0.3) is 0 Å². The van der Waals surface area contributed by atoms with Gasteiger partial charge in [0.25, 0.3) is 0 Å². The Bertz CT molecular complexity index is 320.